The number of hydrogen-bond acceptors (Lipinski definition) is 3. The number of aromatic nitrogens is 1. The maximum absolute atomic E-state index is 8.40. The molecule has 0 radical (unpaired) electrons. The summed E-state index contributed by atoms with van der Waals surface area (Å²) in [7, 11) is 0. The van der Waals surface area contributed by atoms with Crippen LogP contribution in [0.3, 0.4) is 0 Å². The van der Waals surface area contributed by atoms with Crippen molar-refractivity contribution < 1.29 is 5.21 Å². The molecule has 0 bridgehead atoms. The quantitative estimate of drug-likeness (QED) is 0.272. The molecule has 3 N–H and O–H groups in total. The maximum atomic E-state index is 8.40. The SMILES string of the molecule is N/C(=N\O)c1cc(Br)cnc1Br. The van der Waals surface area contributed by atoms with E-state index in [1.165, 1.54) is 0 Å². The number of nitrogens with zero attached hydrogens (tertiary/aromatic N) is 2. The van der Waals surface area contributed by atoms with Crippen LogP contribution in [0.1, 0.15) is 5.56 Å². The van der Waals surface area contributed by atoms with Gasteiger partial charge in [0.15, 0.2) is 5.84 Å². The Labute approximate surface area is 85.7 Å². The van der Waals surface area contributed by atoms with E-state index in [9.17, 15) is 0 Å². The normalized spacial score (nSPS) is 11.7. The third kappa shape index (κ3) is 1.95. The van der Waals surface area contributed by atoms with Crippen LogP contribution in [0.25, 0.3) is 0 Å². The van der Waals surface area contributed by atoms with Gasteiger partial charge in [-0.05, 0) is 37.9 Å². The van der Waals surface area contributed by atoms with Crippen LogP contribution >= 0.6 is 31.9 Å². The zero-order chi connectivity index (χ0) is 9.14. The van der Waals surface area contributed by atoms with Gasteiger partial charge in [0.2, 0.25) is 0 Å². The van der Waals surface area contributed by atoms with Crippen LogP contribution in [0.4, 0.5) is 0 Å². The number of amidine groups is 1. The summed E-state index contributed by atoms with van der Waals surface area (Å²) >= 11 is 6.39. The van der Waals surface area contributed by atoms with Crippen molar-refractivity contribution in [2.45, 2.75) is 0 Å². The average molecular weight is 295 g/mol. The molecule has 0 aliphatic rings. The van der Waals surface area contributed by atoms with E-state index in [0.717, 1.165) is 4.47 Å². The smallest absolute Gasteiger partial charge is 0.172 e. The molecule has 0 amide bonds. The first-order valence-corrected chi connectivity index (χ1v) is 4.52. The van der Waals surface area contributed by atoms with Crippen molar-refractivity contribution in [2.75, 3.05) is 0 Å². The molecule has 0 aliphatic heterocycles. The molecule has 6 heteroatoms. The van der Waals surface area contributed by atoms with Crippen molar-refractivity contribution in [1.29, 1.82) is 0 Å². The lowest BCUT2D eigenvalue weighted by molar-refractivity contribution is 0.318. The summed E-state index contributed by atoms with van der Waals surface area (Å²) < 4.78 is 1.31. The number of nitrogens with two attached hydrogens (primary N) is 1. The zero-order valence-corrected chi connectivity index (χ0v) is 9.00. The van der Waals surface area contributed by atoms with E-state index in [1.54, 1.807) is 12.3 Å². The highest BCUT2D eigenvalue weighted by Crippen LogP contribution is 2.17. The van der Waals surface area contributed by atoms with Gasteiger partial charge in [-0.25, -0.2) is 4.98 Å². The average Bonchev–Trinajstić information content (AvgIpc) is 2.08. The van der Waals surface area contributed by atoms with Gasteiger partial charge < -0.3 is 10.9 Å². The number of halogens is 2. The van der Waals surface area contributed by atoms with E-state index in [1.807, 2.05) is 0 Å². The molecule has 1 heterocycles. The van der Waals surface area contributed by atoms with E-state index in [2.05, 4.69) is 42.0 Å². The van der Waals surface area contributed by atoms with Gasteiger partial charge in [-0.3, -0.25) is 0 Å². The predicted molar refractivity (Wildman–Crippen MR) is 52.1 cm³/mol. The van der Waals surface area contributed by atoms with Crippen LogP contribution < -0.4 is 5.73 Å². The van der Waals surface area contributed by atoms with Gasteiger partial charge in [0.05, 0.1) is 5.56 Å². The van der Waals surface area contributed by atoms with Crippen molar-refractivity contribution in [1.82, 2.24) is 4.98 Å². The fourth-order valence-electron chi connectivity index (χ4n) is 0.656. The van der Waals surface area contributed by atoms with E-state index >= 15 is 0 Å². The Kier molecular flexibility index (Phi) is 3.05. The monoisotopic (exact) mass is 293 g/mol. The van der Waals surface area contributed by atoms with Crippen LogP contribution in [-0.4, -0.2) is 16.0 Å². The lowest BCUT2D eigenvalue weighted by Gasteiger charge is -2.00. The van der Waals surface area contributed by atoms with Crippen molar-refractivity contribution in [3.8, 4) is 0 Å². The van der Waals surface area contributed by atoms with Crippen LogP contribution in [0.2, 0.25) is 0 Å². The Balaban J connectivity index is 3.23. The van der Waals surface area contributed by atoms with Gasteiger partial charge in [0.1, 0.15) is 4.60 Å². The Bertz CT molecular complexity index is 327. The van der Waals surface area contributed by atoms with Gasteiger partial charge in [-0.1, -0.05) is 5.16 Å². The van der Waals surface area contributed by atoms with Crippen LogP contribution in [-0.2, 0) is 0 Å². The molecular formula is C6H5Br2N3O. The molecule has 0 saturated heterocycles. The lowest BCUT2D eigenvalue weighted by atomic mass is 10.3. The molecule has 0 aromatic carbocycles. The maximum Gasteiger partial charge on any atom is 0.172 e. The number of pyridine rings is 1. The van der Waals surface area contributed by atoms with Gasteiger partial charge in [0.25, 0.3) is 0 Å². The molecule has 64 valence electrons. The van der Waals surface area contributed by atoms with Gasteiger partial charge in [-0.2, -0.15) is 0 Å². The predicted octanol–water partition coefficient (Wildman–Crippen LogP) is 1.70. The summed E-state index contributed by atoms with van der Waals surface area (Å²) in [6, 6.07) is 1.70. The Morgan fingerprint density at radius 2 is 2.25 bits per heavy atom. The van der Waals surface area contributed by atoms with Crippen LogP contribution in [0.5, 0.6) is 0 Å². The standard InChI is InChI=1S/C6H5Br2N3O/c7-3-1-4(6(9)11-12)5(8)10-2-3/h1-2,12H,(H2,9,11). The largest absolute Gasteiger partial charge is 0.409 e. The first-order chi connectivity index (χ1) is 5.65. The van der Waals surface area contributed by atoms with E-state index < -0.39 is 0 Å². The summed E-state index contributed by atoms with van der Waals surface area (Å²) in [5.41, 5.74) is 5.92. The van der Waals surface area contributed by atoms with Crippen molar-refractivity contribution in [3.63, 3.8) is 0 Å². The summed E-state index contributed by atoms with van der Waals surface area (Å²) in [5.74, 6) is 0.0238. The number of oxime groups is 1. The first kappa shape index (κ1) is 9.47. The molecule has 1 aromatic rings. The molecule has 0 saturated carbocycles. The highest BCUT2D eigenvalue weighted by molar-refractivity contribution is 9.11. The molecule has 1 rings (SSSR count). The summed E-state index contributed by atoms with van der Waals surface area (Å²) in [6.45, 7) is 0. The minimum atomic E-state index is 0.0238. The summed E-state index contributed by atoms with van der Waals surface area (Å²) in [6.07, 6.45) is 1.61. The Hall–Kier alpha value is -0.620. The molecule has 0 fully saturated rings. The number of hydrogen-bond donors (Lipinski definition) is 2. The zero-order valence-electron chi connectivity index (χ0n) is 5.83. The second-order valence-corrected chi connectivity index (χ2v) is 3.64. The van der Waals surface area contributed by atoms with Crippen LogP contribution in [0.15, 0.2) is 26.5 Å². The molecule has 0 spiro atoms. The highest BCUT2D eigenvalue weighted by Gasteiger charge is 2.05. The van der Waals surface area contributed by atoms with Gasteiger partial charge in [0, 0.05) is 10.7 Å². The minimum Gasteiger partial charge on any atom is -0.409 e. The fourth-order valence-corrected chi connectivity index (χ4v) is 1.41. The van der Waals surface area contributed by atoms with Gasteiger partial charge in [-0.15, -0.1) is 0 Å². The molecular weight excluding hydrogens is 290 g/mol. The third-order valence-electron chi connectivity index (χ3n) is 1.19. The lowest BCUT2D eigenvalue weighted by Crippen LogP contribution is -2.14. The summed E-state index contributed by atoms with van der Waals surface area (Å²) in [4.78, 5) is 3.95. The first-order valence-electron chi connectivity index (χ1n) is 2.94. The Morgan fingerprint density at radius 3 is 2.83 bits per heavy atom. The second kappa shape index (κ2) is 3.86. The molecule has 1 aromatic heterocycles. The fraction of sp³-hybridized carbons (Fsp3) is 0. The van der Waals surface area contributed by atoms with Crippen LogP contribution in [0, 0.1) is 0 Å². The molecule has 0 unspecified atom stereocenters. The van der Waals surface area contributed by atoms with Crippen molar-refractivity contribution >= 4 is 37.7 Å². The minimum absolute atomic E-state index is 0.0238. The molecule has 12 heavy (non-hydrogen) atoms. The topological polar surface area (TPSA) is 71.5 Å². The van der Waals surface area contributed by atoms with Crippen molar-refractivity contribution in [2.24, 2.45) is 10.9 Å². The van der Waals surface area contributed by atoms with E-state index in [-0.39, 0.29) is 5.84 Å². The van der Waals surface area contributed by atoms with E-state index in [0.29, 0.717) is 10.2 Å². The Morgan fingerprint density at radius 1 is 1.58 bits per heavy atom. The second-order valence-electron chi connectivity index (χ2n) is 1.98. The third-order valence-corrected chi connectivity index (χ3v) is 2.25. The molecule has 4 nitrogen and oxygen atoms in total. The highest BCUT2D eigenvalue weighted by atomic mass is 79.9. The molecule has 0 atom stereocenters. The summed E-state index contributed by atoms with van der Waals surface area (Å²) in [5, 5.41) is 11.3. The number of rotatable bonds is 1. The van der Waals surface area contributed by atoms with Gasteiger partial charge >= 0.3 is 0 Å². The van der Waals surface area contributed by atoms with Crippen molar-refractivity contribution in [3.05, 3.63) is 26.9 Å². The molecule has 0 aliphatic carbocycles. The van der Waals surface area contributed by atoms with E-state index in [4.69, 9.17) is 10.9 Å².